The van der Waals surface area contributed by atoms with Crippen LogP contribution in [-0.2, 0) is 32.1 Å². The Hall–Kier alpha value is -2.31. The molecule has 170 valence electrons. The lowest BCUT2D eigenvalue weighted by Crippen LogP contribution is -2.35. The van der Waals surface area contributed by atoms with Gasteiger partial charge in [-0.3, -0.25) is 4.79 Å². The molecule has 3 rings (SSSR count). The highest BCUT2D eigenvalue weighted by atomic mass is 32.2. The summed E-state index contributed by atoms with van der Waals surface area (Å²) in [5.74, 6) is -0.780. The van der Waals surface area contributed by atoms with E-state index in [2.05, 4.69) is 10.3 Å². The molecule has 1 aromatic heterocycles. The molecule has 10 nitrogen and oxygen atoms in total. The van der Waals surface area contributed by atoms with Crippen LogP contribution in [0.5, 0.6) is 0 Å². The molecule has 1 aliphatic rings. The van der Waals surface area contributed by atoms with Gasteiger partial charge in [-0.25, -0.2) is 30.1 Å². The Morgan fingerprint density at radius 2 is 1.77 bits per heavy atom. The van der Waals surface area contributed by atoms with Gasteiger partial charge in [0.25, 0.3) is 26.0 Å². The van der Waals surface area contributed by atoms with Crippen LogP contribution in [-0.4, -0.2) is 60.4 Å². The summed E-state index contributed by atoms with van der Waals surface area (Å²) in [6.45, 7) is 8.47. The number of nitrogens with zero attached hydrogens (tertiary/aromatic N) is 5. The van der Waals surface area contributed by atoms with Gasteiger partial charge in [0.05, 0.1) is 5.56 Å². The molecule has 0 radical (unpaired) electrons. The summed E-state index contributed by atoms with van der Waals surface area (Å²) in [5, 5.41) is 7.70. The third-order valence-electron chi connectivity index (χ3n) is 5.08. The zero-order valence-corrected chi connectivity index (χ0v) is 20.2. The average molecular weight is 470 g/mol. The van der Waals surface area contributed by atoms with Gasteiger partial charge >= 0.3 is 0 Å². The lowest BCUT2D eigenvalue weighted by molar-refractivity contribution is 0.0833. The van der Waals surface area contributed by atoms with E-state index in [9.17, 15) is 21.6 Å². The lowest BCUT2D eigenvalue weighted by Gasteiger charge is -2.21. The number of hydrogen-bond acceptors (Lipinski definition) is 7. The molecule has 0 aliphatic carbocycles. The van der Waals surface area contributed by atoms with Crippen molar-refractivity contribution in [1.82, 2.24) is 23.6 Å². The van der Waals surface area contributed by atoms with E-state index in [1.807, 2.05) is 13.8 Å². The molecule has 1 amide bonds. The molecule has 0 fully saturated rings. The highest BCUT2D eigenvalue weighted by Crippen LogP contribution is 2.36. The zero-order chi connectivity index (χ0) is 23.5. The SMILES string of the molecule is CC(C)c1cccc2c1C(=O)N(Cn1nnc(C(C)(C)C)c1S(=O)(=O)N(C)C)S2(=O)=O. The van der Waals surface area contributed by atoms with Crippen LogP contribution in [0.25, 0.3) is 0 Å². The summed E-state index contributed by atoms with van der Waals surface area (Å²) in [6, 6.07) is 4.70. The molecule has 0 bridgehead atoms. The number of aromatic nitrogens is 3. The van der Waals surface area contributed by atoms with Crippen LogP contribution in [0.2, 0.25) is 0 Å². The Balaban J connectivity index is 2.18. The molecule has 0 unspecified atom stereocenters. The number of benzene rings is 1. The van der Waals surface area contributed by atoms with Crippen LogP contribution < -0.4 is 0 Å². The smallest absolute Gasteiger partial charge is 0.268 e. The van der Waals surface area contributed by atoms with Gasteiger partial charge in [-0.1, -0.05) is 52.0 Å². The highest BCUT2D eigenvalue weighted by molar-refractivity contribution is 7.90. The van der Waals surface area contributed by atoms with Crippen molar-refractivity contribution in [2.75, 3.05) is 14.1 Å². The van der Waals surface area contributed by atoms with E-state index in [1.165, 1.54) is 20.2 Å². The van der Waals surface area contributed by atoms with Gasteiger partial charge in [-0.2, -0.15) is 0 Å². The maximum Gasteiger partial charge on any atom is 0.270 e. The standard InChI is InChI=1S/C19H27N5O5S2/c1-12(2)13-9-8-10-14-15(13)17(25)24(30(14,26)27)11-23-18(31(28,29)22(6)7)16(20-21-23)19(3,4)5/h8-10,12H,11H2,1-7H3. The van der Waals surface area contributed by atoms with Gasteiger partial charge in [0.2, 0.25) is 0 Å². The van der Waals surface area contributed by atoms with Gasteiger partial charge in [-0.15, -0.1) is 5.10 Å². The number of sulfonamides is 2. The third-order valence-corrected chi connectivity index (χ3v) is 8.69. The first kappa shape index (κ1) is 23.4. The van der Waals surface area contributed by atoms with E-state index in [1.54, 1.807) is 32.9 Å². The van der Waals surface area contributed by atoms with Crippen LogP contribution in [0.4, 0.5) is 0 Å². The van der Waals surface area contributed by atoms with Crippen molar-refractivity contribution in [3.05, 3.63) is 35.0 Å². The van der Waals surface area contributed by atoms with Gasteiger partial charge in [0.1, 0.15) is 17.3 Å². The van der Waals surface area contributed by atoms with Gasteiger partial charge in [0.15, 0.2) is 5.03 Å². The fourth-order valence-corrected chi connectivity index (χ4v) is 6.20. The third kappa shape index (κ3) is 3.66. The number of amides is 1. The molecule has 0 atom stereocenters. The first-order chi connectivity index (χ1) is 14.1. The molecule has 1 aromatic carbocycles. The summed E-state index contributed by atoms with van der Waals surface area (Å²) < 4.78 is 55.0. The highest BCUT2D eigenvalue weighted by Gasteiger charge is 2.44. The van der Waals surface area contributed by atoms with E-state index in [0.29, 0.717) is 9.87 Å². The van der Waals surface area contributed by atoms with Crippen LogP contribution in [0.3, 0.4) is 0 Å². The molecule has 31 heavy (non-hydrogen) atoms. The quantitative estimate of drug-likeness (QED) is 0.654. The Labute approximate surface area is 182 Å². The number of carbonyl (C=O) groups excluding carboxylic acids is 1. The van der Waals surface area contributed by atoms with Crippen molar-refractivity contribution in [3.8, 4) is 0 Å². The van der Waals surface area contributed by atoms with Crippen LogP contribution in [0.15, 0.2) is 28.1 Å². The molecule has 1 aliphatic heterocycles. The average Bonchev–Trinajstić information content (AvgIpc) is 3.16. The number of rotatable bonds is 5. The maximum atomic E-state index is 13.2. The summed E-state index contributed by atoms with van der Waals surface area (Å²) >= 11 is 0. The van der Waals surface area contributed by atoms with Crippen LogP contribution >= 0.6 is 0 Å². The lowest BCUT2D eigenvalue weighted by atomic mass is 9.93. The molecule has 0 saturated heterocycles. The van der Waals surface area contributed by atoms with Crippen molar-refractivity contribution in [2.24, 2.45) is 0 Å². The van der Waals surface area contributed by atoms with Crippen LogP contribution in [0.1, 0.15) is 62.2 Å². The van der Waals surface area contributed by atoms with E-state index >= 15 is 0 Å². The molecule has 0 N–H and O–H groups in total. The number of fused-ring (bicyclic) bond motifs is 1. The molecule has 12 heteroatoms. The first-order valence-corrected chi connectivity index (χ1v) is 12.6. The normalized spacial score (nSPS) is 16.4. The van der Waals surface area contributed by atoms with Crippen molar-refractivity contribution in [1.29, 1.82) is 0 Å². The minimum atomic E-state index is -4.17. The van der Waals surface area contributed by atoms with Gasteiger partial charge in [-0.05, 0) is 17.5 Å². The predicted molar refractivity (Wildman–Crippen MR) is 113 cm³/mol. The summed E-state index contributed by atoms with van der Waals surface area (Å²) in [6.07, 6.45) is 0. The largest absolute Gasteiger partial charge is 0.270 e. The first-order valence-electron chi connectivity index (χ1n) is 9.68. The topological polar surface area (TPSA) is 123 Å². The summed E-state index contributed by atoms with van der Waals surface area (Å²) in [5.41, 5.74) is 0.234. The molecule has 0 spiro atoms. The zero-order valence-electron chi connectivity index (χ0n) is 18.6. The van der Waals surface area contributed by atoms with Crippen LogP contribution in [0, 0.1) is 0 Å². The van der Waals surface area contributed by atoms with Crippen molar-refractivity contribution in [2.45, 2.75) is 62.5 Å². The summed E-state index contributed by atoms with van der Waals surface area (Å²) in [7, 11) is -5.47. The van der Waals surface area contributed by atoms with E-state index in [0.717, 1.165) is 8.99 Å². The summed E-state index contributed by atoms with van der Waals surface area (Å²) in [4.78, 5) is 13.1. The van der Waals surface area contributed by atoms with E-state index in [4.69, 9.17) is 0 Å². The Kier molecular flexibility index (Phi) is 5.56. The minimum absolute atomic E-state index is 0.0717. The Morgan fingerprint density at radius 1 is 1.16 bits per heavy atom. The number of carbonyl (C=O) groups is 1. The maximum absolute atomic E-state index is 13.2. The second-order valence-electron chi connectivity index (χ2n) is 8.96. The predicted octanol–water partition coefficient (Wildman–Crippen LogP) is 1.75. The molecule has 2 aromatic rings. The fourth-order valence-electron chi connectivity index (χ4n) is 3.38. The Bertz CT molecular complexity index is 1260. The van der Waals surface area contributed by atoms with E-state index in [-0.39, 0.29) is 27.1 Å². The second kappa shape index (κ2) is 7.38. The number of hydrogen-bond donors (Lipinski definition) is 0. The molecule has 0 saturated carbocycles. The Morgan fingerprint density at radius 3 is 2.29 bits per heavy atom. The molecule has 2 heterocycles. The fraction of sp³-hybridized carbons (Fsp3) is 0.526. The van der Waals surface area contributed by atoms with Gasteiger partial charge < -0.3 is 0 Å². The van der Waals surface area contributed by atoms with Crippen molar-refractivity contribution >= 4 is 26.0 Å². The second-order valence-corrected chi connectivity index (χ2v) is 12.9. The van der Waals surface area contributed by atoms with E-state index < -0.39 is 38.0 Å². The monoisotopic (exact) mass is 469 g/mol. The van der Waals surface area contributed by atoms with Gasteiger partial charge in [0, 0.05) is 19.5 Å². The van der Waals surface area contributed by atoms with Crippen molar-refractivity contribution in [3.63, 3.8) is 0 Å². The minimum Gasteiger partial charge on any atom is -0.268 e. The van der Waals surface area contributed by atoms with Crippen molar-refractivity contribution < 1.29 is 21.6 Å². The molecular weight excluding hydrogens is 442 g/mol. The molecular formula is C19H27N5O5S2.